The molecule has 0 aliphatic carbocycles. The van der Waals surface area contributed by atoms with Crippen LogP contribution in [0.1, 0.15) is 24.9 Å². The van der Waals surface area contributed by atoms with Gasteiger partial charge in [-0.05, 0) is 31.0 Å². The van der Waals surface area contributed by atoms with Gasteiger partial charge in [0.05, 0.1) is 0 Å². The lowest BCUT2D eigenvalue weighted by molar-refractivity contribution is 0.316. The van der Waals surface area contributed by atoms with Crippen LogP contribution in [0.5, 0.6) is 0 Å². The molecule has 2 heteroatoms. The number of aromatic nitrogens is 1. The normalized spacial score (nSPS) is 26.6. The highest BCUT2D eigenvalue weighted by atomic mass is 15.2. The summed E-state index contributed by atoms with van der Waals surface area (Å²) in [6, 6.07) is 9.17. The fourth-order valence-electron chi connectivity index (χ4n) is 2.99. The van der Waals surface area contributed by atoms with Crippen LogP contribution in [0, 0.1) is 5.92 Å². The number of fused-ring (bicyclic) bond motifs is 1. The van der Waals surface area contributed by atoms with Gasteiger partial charge < -0.3 is 4.98 Å². The van der Waals surface area contributed by atoms with Gasteiger partial charge in [-0.25, -0.2) is 0 Å². The van der Waals surface area contributed by atoms with E-state index >= 15 is 0 Å². The molecule has 0 bridgehead atoms. The number of H-pyrrole nitrogens is 1. The van der Waals surface area contributed by atoms with Gasteiger partial charge in [-0.3, -0.25) is 4.90 Å². The van der Waals surface area contributed by atoms with E-state index in [1.807, 2.05) is 0 Å². The van der Waals surface area contributed by atoms with Crippen molar-refractivity contribution in [1.29, 1.82) is 0 Å². The average Bonchev–Trinajstić information content (AvgIpc) is 2.81. The van der Waals surface area contributed by atoms with Crippen molar-refractivity contribution < 1.29 is 0 Å². The summed E-state index contributed by atoms with van der Waals surface area (Å²) in [6.07, 6.45) is 3.46. The molecule has 2 atom stereocenters. The summed E-state index contributed by atoms with van der Waals surface area (Å²) in [7, 11) is 2.23. The van der Waals surface area contributed by atoms with Gasteiger partial charge in [0.15, 0.2) is 0 Å². The molecule has 1 aromatic heterocycles. The molecule has 0 radical (unpaired) electrons. The Hall–Kier alpha value is -1.28. The van der Waals surface area contributed by atoms with Crippen molar-refractivity contribution in [2.45, 2.75) is 19.4 Å². The highest BCUT2D eigenvalue weighted by Crippen LogP contribution is 2.37. The molecule has 1 fully saturated rings. The van der Waals surface area contributed by atoms with E-state index in [2.05, 4.69) is 54.3 Å². The first kappa shape index (κ1) is 9.91. The minimum absolute atomic E-state index is 0.589. The highest BCUT2D eigenvalue weighted by molar-refractivity contribution is 5.83. The molecule has 3 rings (SSSR count). The summed E-state index contributed by atoms with van der Waals surface area (Å²) < 4.78 is 0. The molecule has 1 aromatic carbocycles. The Morgan fingerprint density at radius 1 is 1.31 bits per heavy atom. The van der Waals surface area contributed by atoms with Gasteiger partial charge in [0.25, 0.3) is 0 Å². The van der Waals surface area contributed by atoms with Gasteiger partial charge in [-0.2, -0.15) is 0 Å². The average molecular weight is 214 g/mol. The van der Waals surface area contributed by atoms with Crippen LogP contribution in [0.15, 0.2) is 30.5 Å². The third kappa shape index (κ3) is 1.45. The van der Waals surface area contributed by atoms with E-state index in [0.717, 1.165) is 5.92 Å². The van der Waals surface area contributed by atoms with Crippen molar-refractivity contribution in [3.8, 4) is 0 Å². The van der Waals surface area contributed by atoms with Gasteiger partial charge in [0, 0.05) is 29.7 Å². The van der Waals surface area contributed by atoms with Crippen molar-refractivity contribution in [1.82, 2.24) is 9.88 Å². The molecule has 0 amide bonds. The van der Waals surface area contributed by atoms with Crippen LogP contribution >= 0.6 is 0 Å². The van der Waals surface area contributed by atoms with E-state index < -0.39 is 0 Å². The smallest absolute Gasteiger partial charge is 0.0457 e. The topological polar surface area (TPSA) is 19.0 Å². The number of likely N-dealkylation sites (tertiary alicyclic amines) is 1. The molecular weight excluding hydrogens is 196 g/mol. The van der Waals surface area contributed by atoms with Crippen molar-refractivity contribution in [3.05, 3.63) is 36.0 Å². The maximum Gasteiger partial charge on any atom is 0.0457 e. The Kier molecular flexibility index (Phi) is 2.25. The number of hydrogen-bond acceptors (Lipinski definition) is 1. The van der Waals surface area contributed by atoms with Gasteiger partial charge in [0.1, 0.15) is 0 Å². The molecule has 2 nitrogen and oxygen atoms in total. The molecule has 1 aliphatic heterocycles. The quantitative estimate of drug-likeness (QED) is 0.772. The molecule has 0 saturated carbocycles. The van der Waals surface area contributed by atoms with Crippen molar-refractivity contribution in [2.75, 3.05) is 13.6 Å². The molecule has 2 aromatic rings. The zero-order valence-corrected chi connectivity index (χ0v) is 9.90. The summed E-state index contributed by atoms with van der Waals surface area (Å²) in [5, 5.41) is 1.38. The summed E-state index contributed by atoms with van der Waals surface area (Å²) in [6.45, 7) is 3.55. The molecule has 2 heterocycles. The van der Waals surface area contributed by atoms with Crippen molar-refractivity contribution >= 4 is 10.9 Å². The lowest BCUT2D eigenvalue weighted by Crippen LogP contribution is -2.17. The third-order valence-electron chi connectivity index (χ3n) is 3.74. The van der Waals surface area contributed by atoms with Crippen LogP contribution < -0.4 is 0 Å². The number of para-hydroxylation sites is 1. The van der Waals surface area contributed by atoms with Gasteiger partial charge in [-0.15, -0.1) is 0 Å². The van der Waals surface area contributed by atoms with Crippen LogP contribution in [0.3, 0.4) is 0 Å². The minimum Gasteiger partial charge on any atom is -0.361 e. The number of benzene rings is 1. The van der Waals surface area contributed by atoms with Crippen molar-refractivity contribution in [3.63, 3.8) is 0 Å². The monoisotopic (exact) mass is 214 g/mol. The van der Waals surface area contributed by atoms with Crippen LogP contribution in [0.2, 0.25) is 0 Å². The Morgan fingerprint density at radius 3 is 2.88 bits per heavy atom. The standard InChI is InChI=1S/C14H18N2/c1-10-7-14(16(2)9-10)12-8-15-13-6-4-3-5-11(12)13/h3-6,8,10,14-15H,7,9H2,1-2H3/t10-,14-/m1/s1. The largest absolute Gasteiger partial charge is 0.361 e. The lowest BCUT2D eigenvalue weighted by Gasteiger charge is -2.18. The predicted octanol–water partition coefficient (Wildman–Crippen LogP) is 3.18. The van der Waals surface area contributed by atoms with E-state index in [1.54, 1.807) is 0 Å². The first-order valence-corrected chi connectivity index (χ1v) is 6.02. The number of nitrogens with zero attached hydrogens (tertiary/aromatic N) is 1. The van der Waals surface area contributed by atoms with E-state index in [1.165, 1.54) is 29.4 Å². The Labute approximate surface area is 96.3 Å². The molecule has 1 N–H and O–H groups in total. The van der Waals surface area contributed by atoms with Crippen LogP contribution in [-0.4, -0.2) is 23.5 Å². The fraction of sp³-hybridized carbons (Fsp3) is 0.429. The second-order valence-corrected chi connectivity index (χ2v) is 5.09. The lowest BCUT2D eigenvalue weighted by atomic mass is 10.0. The number of rotatable bonds is 1. The Balaban J connectivity index is 2.06. The van der Waals surface area contributed by atoms with E-state index in [4.69, 9.17) is 0 Å². The second kappa shape index (κ2) is 3.63. The summed E-state index contributed by atoms with van der Waals surface area (Å²) >= 11 is 0. The summed E-state index contributed by atoms with van der Waals surface area (Å²) in [5.74, 6) is 0.809. The molecule has 0 unspecified atom stereocenters. The summed E-state index contributed by atoms with van der Waals surface area (Å²) in [4.78, 5) is 5.85. The number of hydrogen-bond donors (Lipinski definition) is 1. The Bertz CT molecular complexity index is 500. The summed E-state index contributed by atoms with van der Waals surface area (Å²) in [5.41, 5.74) is 2.72. The fourth-order valence-corrected chi connectivity index (χ4v) is 2.99. The first-order valence-electron chi connectivity index (χ1n) is 6.02. The third-order valence-corrected chi connectivity index (χ3v) is 3.74. The molecule has 1 saturated heterocycles. The van der Waals surface area contributed by atoms with E-state index in [-0.39, 0.29) is 0 Å². The number of nitrogens with one attached hydrogen (secondary N) is 1. The SMILES string of the molecule is C[C@@H]1C[C@H](c2c[nH]c3ccccc23)N(C)C1. The minimum atomic E-state index is 0.589. The molecule has 84 valence electrons. The zero-order chi connectivity index (χ0) is 11.1. The maximum atomic E-state index is 3.37. The molecule has 1 aliphatic rings. The highest BCUT2D eigenvalue weighted by Gasteiger charge is 2.29. The maximum absolute atomic E-state index is 3.37. The van der Waals surface area contributed by atoms with Gasteiger partial charge in [0.2, 0.25) is 0 Å². The first-order chi connectivity index (χ1) is 7.75. The number of aromatic amines is 1. The van der Waals surface area contributed by atoms with Gasteiger partial charge in [-0.1, -0.05) is 25.1 Å². The van der Waals surface area contributed by atoms with Crippen molar-refractivity contribution in [2.24, 2.45) is 5.92 Å². The van der Waals surface area contributed by atoms with Crippen LogP contribution in [-0.2, 0) is 0 Å². The van der Waals surface area contributed by atoms with E-state index in [0.29, 0.717) is 6.04 Å². The molecule has 16 heavy (non-hydrogen) atoms. The Morgan fingerprint density at radius 2 is 2.12 bits per heavy atom. The second-order valence-electron chi connectivity index (χ2n) is 5.09. The van der Waals surface area contributed by atoms with Gasteiger partial charge >= 0.3 is 0 Å². The molecule has 0 spiro atoms. The molecular formula is C14H18N2. The van der Waals surface area contributed by atoms with Crippen LogP contribution in [0.4, 0.5) is 0 Å². The van der Waals surface area contributed by atoms with E-state index in [9.17, 15) is 0 Å². The predicted molar refractivity (Wildman–Crippen MR) is 67.5 cm³/mol. The van der Waals surface area contributed by atoms with Crippen LogP contribution in [0.25, 0.3) is 10.9 Å². The zero-order valence-electron chi connectivity index (χ0n) is 9.90.